The number of phenols is 3. The molecule has 0 heterocycles. The summed E-state index contributed by atoms with van der Waals surface area (Å²) in [5.74, 6) is 0.558. The Morgan fingerprint density at radius 1 is 0.525 bits per heavy atom. The molecule has 0 fully saturated rings. The Balaban J connectivity index is 1.99. The number of rotatable bonds is 6. The summed E-state index contributed by atoms with van der Waals surface area (Å²) in [5.41, 5.74) is 7.27. The molecule has 0 aliphatic rings. The fourth-order valence-electron chi connectivity index (χ4n) is 5.33. The standard InChI is InChI=1S/C35H39BO3S/c1-20-13-22(9-11-29(20)37)33(3,4)25-15-26(34(5,6)23-10-12-30(38)31(40)19-23)17-27(16-25)35(7,8)24-14-21(2)32(39)28(36)18-24/h9-19,37-40H,1-8H3. The van der Waals surface area contributed by atoms with Crippen LogP contribution >= 0.6 is 12.6 Å². The van der Waals surface area contributed by atoms with Gasteiger partial charge in [0.05, 0.1) is 0 Å². The molecular formula is C35H39BO3S. The molecule has 2 radical (unpaired) electrons. The van der Waals surface area contributed by atoms with Crippen LogP contribution in [0.5, 0.6) is 17.2 Å². The minimum Gasteiger partial charge on any atom is -0.508 e. The molecule has 0 saturated carbocycles. The second-order valence-electron chi connectivity index (χ2n) is 12.6. The third-order valence-corrected chi connectivity index (χ3v) is 9.12. The number of thiol groups is 1. The van der Waals surface area contributed by atoms with Gasteiger partial charge >= 0.3 is 0 Å². The predicted molar refractivity (Wildman–Crippen MR) is 169 cm³/mol. The van der Waals surface area contributed by atoms with Crippen molar-refractivity contribution >= 4 is 25.9 Å². The zero-order valence-electron chi connectivity index (χ0n) is 24.7. The van der Waals surface area contributed by atoms with Crippen LogP contribution in [0.2, 0.25) is 0 Å². The third kappa shape index (κ3) is 5.24. The smallest absolute Gasteiger partial charge is 0.128 e. The summed E-state index contributed by atoms with van der Waals surface area (Å²) in [7, 11) is 6.20. The molecule has 4 rings (SSSR count). The van der Waals surface area contributed by atoms with Crippen LogP contribution in [-0.2, 0) is 16.2 Å². The Hall–Kier alpha value is -3.31. The first-order valence-corrected chi connectivity index (χ1v) is 14.0. The molecule has 0 spiro atoms. The highest BCUT2D eigenvalue weighted by molar-refractivity contribution is 7.80. The maximum absolute atomic E-state index is 10.3. The second-order valence-corrected chi connectivity index (χ2v) is 13.1. The van der Waals surface area contributed by atoms with Crippen LogP contribution in [0.15, 0.2) is 71.6 Å². The zero-order valence-corrected chi connectivity index (χ0v) is 25.6. The van der Waals surface area contributed by atoms with Crippen LogP contribution in [-0.4, -0.2) is 23.2 Å². The van der Waals surface area contributed by atoms with E-state index in [4.69, 9.17) is 7.85 Å². The first kappa shape index (κ1) is 29.7. The van der Waals surface area contributed by atoms with E-state index in [0.717, 1.165) is 44.5 Å². The van der Waals surface area contributed by atoms with Crippen molar-refractivity contribution in [3.63, 3.8) is 0 Å². The van der Waals surface area contributed by atoms with Crippen molar-refractivity contribution in [2.45, 2.75) is 76.5 Å². The van der Waals surface area contributed by atoms with Gasteiger partial charge in [0.1, 0.15) is 25.1 Å². The molecule has 4 aromatic carbocycles. The van der Waals surface area contributed by atoms with E-state index in [9.17, 15) is 15.3 Å². The number of aryl methyl sites for hydroxylation is 2. The lowest BCUT2D eigenvalue weighted by Gasteiger charge is -2.35. The number of hydrogen-bond donors (Lipinski definition) is 4. The summed E-state index contributed by atoms with van der Waals surface area (Å²) in [6, 6.07) is 22.0. The Labute approximate surface area is 245 Å². The normalized spacial score (nSPS) is 12.5. The highest BCUT2D eigenvalue weighted by Gasteiger charge is 2.33. The molecule has 0 aliphatic carbocycles. The Kier molecular flexibility index (Phi) is 7.62. The number of aromatic hydroxyl groups is 3. The van der Waals surface area contributed by atoms with Gasteiger partial charge < -0.3 is 15.3 Å². The van der Waals surface area contributed by atoms with E-state index >= 15 is 0 Å². The molecule has 3 N–H and O–H groups in total. The first-order valence-electron chi connectivity index (χ1n) is 13.5. The third-order valence-electron chi connectivity index (χ3n) is 8.77. The van der Waals surface area contributed by atoms with Crippen LogP contribution in [0.3, 0.4) is 0 Å². The number of benzene rings is 4. The van der Waals surface area contributed by atoms with Gasteiger partial charge in [0.25, 0.3) is 0 Å². The molecular weight excluding hydrogens is 511 g/mol. The molecule has 4 aromatic rings. The van der Waals surface area contributed by atoms with E-state index < -0.39 is 10.8 Å². The highest BCUT2D eigenvalue weighted by atomic mass is 32.1. The molecule has 40 heavy (non-hydrogen) atoms. The Morgan fingerprint density at radius 2 is 0.925 bits per heavy atom. The summed E-state index contributed by atoms with van der Waals surface area (Å²) < 4.78 is 0. The fourth-order valence-corrected chi connectivity index (χ4v) is 5.55. The van der Waals surface area contributed by atoms with E-state index in [1.165, 1.54) is 0 Å². The molecule has 5 heteroatoms. The van der Waals surface area contributed by atoms with E-state index in [1.54, 1.807) is 12.1 Å². The minimum atomic E-state index is -0.433. The van der Waals surface area contributed by atoms with Gasteiger partial charge in [0.2, 0.25) is 0 Å². The van der Waals surface area contributed by atoms with Gasteiger partial charge in [0, 0.05) is 21.1 Å². The zero-order chi connectivity index (χ0) is 29.8. The molecule has 3 nitrogen and oxygen atoms in total. The van der Waals surface area contributed by atoms with Crippen molar-refractivity contribution in [1.82, 2.24) is 0 Å². The highest BCUT2D eigenvalue weighted by Crippen LogP contribution is 2.43. The van der Waals surface area contributed by atoms with Crippen molar-refractivity contribution in [2.24, 2.45) is 0 Å². The maximum Gasteiger partial charge on any atom is 0.128 e. The molecule has 0 unspecified atom stereocenters. The van der Waals surface area contributed by atoms with Crippen molar-refractivity contribution in [2.75, 3.05) is 0 Å². The lowest BCUT2D eigenvalue weighted by molar-refractivity contribution is 0.461. The van der Waals surface area contributed by atoms with E-state index in [1.807, 2.05) is 44.2 Å². The van der Waals surface area contributed by atoms with Gasteiger partial charge in [-0.05, 0) is 76.6 Å². The molecule has 0 saturated heterocycles. The molecule has 0 aromatic heterocycles. The summed E-state index contributed by atoms with van der Waals surface area (Å²) in [6.45, 7) is 16.9. The maximum atomic E-state index is 10.3. The van der Waals surface area contributed by atoms with Crippen LogP contribution in [0.1, 0.15) is 86.1 Å². The largest absolute Gasteiger partial charge is 0.508 e. The quantitative estimate of drug-likeness (QED) is 0.149. The van der Waals surface area contributed by atoms with Crippen molar-refractivity contribution in [3.05, 3.63) is 111 Å². The van der Waals surface area contributed by atoms with Gasteiger partial charge in [-0.15, -0.1) is 12.6 Å². The van der Waals surface area contributed by atoms with E-state index in [-0.39, 0.29) is 22.7 Å². The van der Waals surface area contributed by atoms with Gasteiger partial charge in [-0.1, -0.05) is 95.5 Å². The lowest BCUT2D eigenvalue weighted by Crippen LogP contribution is -2.27. The Bertz CT molecular complexity index is 1500. The first-order chi connectivity index (χ1) is 18.5. The Morgan fingerprint density at radius 3 is 1.38 bits per heavy atom. The van der Waals surface area contributed by atoms with Crippen molar-refractivity contribution in [3.8, 4) is 17.2 Å². The minimum absolute atomic E-state index is 0.119. The molecule has 0 atom stereocenters. The number of phenolic OH excluding ortho intramolecular Hbond substituents is 3. The molecule has 0 bridgehead atoms. The topological polar surface area (TPSA) is 60.7 Å². The van der Waals surface area contributed by atoms with Gasteiger partial charge in [-0.2, -0.15) is 0 Å². The predicted octanol–water partition coefficient (Wildman–Crippen LogP) is 7.48. The molecule has 0 aliphatic heterocycles. The van der Waals surface area contributed by atoms with Crippen molar-refractivity contribution < 1.29 is 15.3 Å². The average Bonchev–Trinajstić information content (AvgIpc) is 2.89. The van der Waals surface area contributed by atoms with Gasteiger partial charge in [0.15, 0.2) is 0 Å². The van der Waals surface area contributed by atoms with Gasteiger partial charge in [-0.25, -0.2) is 0 Å². The summed E-state index contributed by atoms with van der Waals surface area (Å²) in [4.78, 5) is 0.539. The van der Waals surface area contributed by atoms with E-state index in [2.05, 4.69) is 78.4 Å². The van der Waals surface area contributed by atoms with Crippen molar-refractivity contribution in [1.29, 1.82) is 0 Å². The fraction of sp³-hybridized carbons (Fsp3) is 0.314. The summed E-state index contributed by atoms with van der Waals surface area (Å²) in [5, 5.41) is 30.6. The SMILES string of the molecule is [B]c1cc(C(C)(C)c2cc(C(C)(C)c3ccc(O)c(C)c3)cc(C(C)(C)c3ccc(O)c(S)c3)c2)cc(C)c1O. The second kappa shape index (κ2) is 10.3. The lowest BCUT2D eigenvalue weighted by atomic mass is 9.68. The average molecular weight is 551 g/mol. The van der Waals surface area contributed by atoms with Crippen LogP contribution in [0.4, 0.5) is 0 Å². The van der Waals surface area contributed by atoms with E-state index in [0.29, 0.717) is 10.4 Å². The van der Waals surface area contributed by atoms with Crippen LogP contribution in [0, 0.1) is 13.8 Å². The summed E-state index contributed by atoms with van der Waals surface area (Å²) in [6.07, 6.45) is 0. The van der Waals surface area contributed by atoms with Crippen LogP contribution in [0.25, 0.3) is 0 Å². The number of hydrogen-bond acceptors (Lipinski definition) is 4. The monoisotopic (exact) mass is 550 g/mol. The van der Waals surface area contributed by atoms with Gasteiger partial charge in [-0.3, -0.25) is 0 Å². The van der Waals surface area contributed by atoms with Crippen LogP contribution < -0.4 is 5.46 Å². The molecule has 0 amide bonds. The molecule has 206 valence electrons. The summed E-state index contributed by atoms with van der Waals surface area (Å²) >= 11 is 4.48.